The van der Waals surface area contributed by atoms with E-state index < -0.39 is 0 Å². The molecule has 0 aliphatic rings. The fourth-order valence-corrected chi connectivity index (χ4v) is 3.04. The van der Waals surface area contributed by atoms with Crippen LogP contribution in [0.1, 0.15) is 56.3 Å². The molecule has 0 atom stereocenters. The molecule has 0 N–H and O–H groups in total. The fraction of sp³-hybridized carbons (Fsp3) is 0.727. The normalized spacial score (nSPS) is 11.8. The zero-order valence-electron chi connectivity index (χ0n) is 10.1. The Bertz CT molecular complexity index is 453. The minimum atomic E-state index is 0.598. The van der Waals surface area contributed by atoms with E-state index in [2.05, 4.69) is 29.1 Å². The molecule has 0 unspecified atom stereocenters. The standard InChI is InChI=1S/C11H18N4S/c1-4-6-9(7-5-2)10-14-15-8(3)12-13-11(15)16-10/h9H,4-7H2,1-3H3. The fourth-order valence-electron chi connectivity index (χ4n) is 1.98. The second kappa shape index (κ2) is 4.91. The number of aromatic nitrogens is 4. The van der Waals surface area contributed by atoms with Crippen molar-refractivity contribution in [3.63, 3.8) is 0 Å². The lowest BCUT2D eigenvalue weighted by atomic mass is 9.99. The minimum Gasteiger partial charge on any atom is -0.188 e. The van der Waals surface area contributed by atoms with Crippen LogP contribution in [0.3, 0.4) is 0 Å². The number of hydrogen-bond acceptors (Lipinski definition) is 4. The molecule has 0 saturated carbocycles. The minimum absolute atomic E-state index is 0.598. The van der Waals surface area contributed by atoms with Crippen molar-refractivity contribution in [2.75, 3.05) is 0 Å². The molecule has 0 aliphatic heterocycles. The van der Waals surface area contributed by atoms with Crippen LogP contribution in [0.25, 0.3) is 4.96 Å². The zero-order chi connectivity index (χ0) is 11.5. The molecular weight excluding hydrogens is 220 g/mol. The van der Waals surface area contributed by atoms with Crippen LogP contribution < -0.4 is 0 Å². The zero-order valence-corrected chi connectivity index (χ0v) is 10.9. The molecule has 2 heterocycles. The Morgan fingerprint density at radius 2 is 1.88 bits per heavy atom. The number of hydrogen-bond donors (Lipinski definition) is 0. The number of fused-ring (bicyclic) bond motifs is 1. The lowest BCUT2D eigenvalue weighted by Crippen LogP contribution is -1.99. The Morgan fingerprint density at radius 1 is 1.19 bits per heavy atom. The number of nitrogens with zero attached hydrogens (tertiary/aromatic N) is 4. The van der Waals surface area contributed by atoms with Crippen molar-refractivity contribution in [3.05, 3.63) is 10.8 Å². The highest BCUT2D eigenvalue weighted by Crippen LogP contribution is 2.29. The lowest BCUT2D eigenvalue weighted by Gasteiger charge is -2.10. The van der Waals surface area contributed by atoms with Gasteiger partial charge in [0.15, 0.2) is 5.82 Å². The first-order valence-electron chi connectivity index (χ1n) is 5.95. The molecule has 2 rings (SSSR count). The number of rotatable bonds is 5. The molecule has 0 aliphatic carbocycles. The van der Waals surface area contributed by atoms with Crippen molar-refractivity contribution in [1.82, 2.24) is 19.8 Å². The summed E-state index contributed by atoms with van der Waals surface area (Å²) in [5.41, 5.74) is 0. The first-order valence-corrected chi connectivity index (χ1v) is 6.76. The molecule has 88 valence electrons. The molecule has 16 heavy (non-hydrogen) atoms. The van der Waals surface area contributed by atoms with E-state index in [0.29, 0.717) is 5.92 Å². The average molecular weight is 238 g/mol. The van der Waals surface area contributed by atoms with Crippen molar-refractivity contribution >= 4 is 16.3 Å². The Hall–Kier alpha value is -0.970. The topological polar surface area (TPSA) is 43.1 Å². The van der Waals surface area contributed by atoms with Gasteiger partial charge in [-0.15, -0.1) is 10.2 Å². The van der Waals surface area contributed by atoms with Crippen LogP contribution in [-0.2, 0) is 0 Å². The molecule has 0 saturated heterocycles. The Kier molecular flexibility index (Phi) is 3.53. The van der Waals surface area contributed by atoms with Gasteiger partial charge < -0.3 is 0 Å². The van der Waals surface area contributed by atoms with E-state index in [1.807, 2.05) is 11.4 Å². The van der Waals surface area contributed by atoms with Crippen LogP contribution in [0.2, 0.25) is 0 Å². The molecule has 0 radical (unpaired) electrons. The van der Waals surface area contributed by atoms with Gasteiger partial charge >= 0.3 is 0 Å². The van der Waals surface area contributed by atoms with Gasteiger partial charge in [0.2, 0.25) is 4.96 Å². The molecule has 0 amide bonds. The lowest BCUT2D eigenvalue weighted by molar-refractivity contribution is 0.551. The van der Waals surface area contributed by atoms with E-state index in [1.54, 1.807) is 11.3 Å². The maximum atomic E-state index is 4.62. The summed E-state index contributed by atoms with van der Waals surface area (Å²) in [5, 5.41) is 14.0. The molecule has 2 aromatic rings. The maximum absolute atomic E-state index is 4.62. The molecule has 0 aromatic carbocycles. The monoisotopic (exact) mass is 238 g/mol. The second-order valence-electron chi connectivity index (χ2n) is 4.16. The van der Waals surface area contributed by atoms with Gasteiger partial charge in [-0.25, -0.2) is 0 Å². The summed E-state index contributed by atoms with van der Waals surface area (Å²) in [6.45, 7) is 6.40. The Morgan fingerprint density at radius 3 is 2.44 bits per heavy atom. The van der Waals surface area contributed by atoms with Gasteiger partial charge in [-0.2, -0.15) is 9.61 Å². The van der Waals surface area contributed by atoms with Gasteiger partial charge in [-0.3, -0.25) is 0 Å². The largest absolute Gasteiger partial charge is 0.234 e. The number of aryl methyl sites for hydroxylation is 1. The SMILES string of the molecule is CCCC(CCC)c1nn2c(C)nnc2s1. The summed E-state index contributed by atoms with van der Waals surface area (Å²) in [6.07, 6.45) is 4.86. The van der Waals surface area contributed by atoms with Gasteiger partial charge in [-0.05, 0) is 19.8 Å². The molecular formula is C11H18N4S. The molecule has 0 spiro atoms. The van der Waals surface area contributed by atoms with E-state index in [9.17, 15) is 0 Å². The second-order valence-corrected chi connectivity index (χ2v) is 5.14. The van der Waals surface area contributed by atoms with Gasteiger partial charge in [0, 0.05) is 5.92 Å². The van der Waals surface area contributed by atoms with Gasteiger partial charge in [-0.1, -0.05) is 38.0 Å². The van der Waals surface area contributed by atoms with Crippen molar-refractivity contribution < 1.29 is 0 Å². The van der Waals surface area contributed by atoms with Crippen LogP contribution in [0.4, 0.5) is 0 Å². The Labute approximate surface area is 99.7 Å². The van der Waals surface area contributed by atoms with Crippen molar-refractivity contribution in [2.45, 2.75) is 52.4 Å². The smallest absolute Gasteiger partial charge is 0.188 e. The van der Waals surface area contributed by atoms with E-state index in [4.69, 9.17) is 0 Å². The highest BCUT2D eigenvalue weighted by atomic mass is 32.1. The maximum Gasteiger partial charge on any atom is 0.234 e. The van der Waals surface area contributed by atoms with Gasteiger partial charge in [0.05, 0.1) is 0 Å². The summed E-state index contributed by atoms with van der Waals surface area (Å²) in [4.78, 5) is 0.921. The summed E-state index contributed by atoms with van der Waals surface area (Å²) >= 11 is 1.68. The third-order valence-electron chi connectivity index (χ3n) is 2.79. The Balaban J connectivity index is 2.29. The average Bonchev–Trinajstić information content (AvgIpc) is 2.81. The summed E-state index contributed by atoms with van der Waals surface area (Å²) < 4.78 is 1.86. The van der Waals surface area contributed by atoms with Crippen LogP contribution in [0.5, 0.6) is 0 Å². The first kappa shape index (κ1) is 11.5. The van der Waals surface area contributed by atoms with E-state index in [-0.39, 0.29) is 0 Å². The quantitative estimate of drug-likeness (QED) is 0.803. The van der Waals surface area contributed by atoms with Crippen molar-refractivity contribution in [2.24, 2.45) is 0 Å². The van der Waals surface area contributed by atoms with Gasteiger partial charge in [0.25, 0.3) is 0 Å². The summed E-state index contributed by atoms with van der Waals surface area (Å²) in [6, 6.07) is 0. The van der Waals surface area contributed by atoms with Crippen LogP contribution >= 0.6 is 11.3 Å². The van der Waals surface area contributed by atoms with Crippen LogP contribution in [0, 0.1) is 6.92 Å². The summed E-state index contributed by atoms with van der Waals surface area (Å²) in [7, 11) is 0. The highest BCUT2D eigenvalue weighted by Gasteiger charge is 2.16. The molecule has 2 aromatic heterocycles. The van der Waals surface area contributed by atoms with E-state index in [1.165, 1.54) is 30.7 Å². The van der Waals surface area contributed by atoms with Crippen molar-refractivity contribution in [3.8, 4) is 0 Å². The highest BCUT2D eigenvalue weighted by molar-refractivity contribution is 7.16. The third kappa shape index (κ3) is 2.09. The van der Waals surface area contributed by atoms with Crippen molar-refractivity contribution in [1.29, 1.82) is 0 Å². The predicted molar refractivity (Wildman–Crippen MR) is 66.0 cm³/mol. The van der Waals surface area contributed by atoms with E-state index in [0.717, 1.165) is 10.8 Å². The van der Waals surface area contributed by atoms with Crippen LogP contribution in [0.15, 0.2) is 0 Å². The molecule has 4 nitrogen and oxygen atoms in total. The third-order valence-corrected chi connectivity index (χ3v) is 3.85. The van der Waals surface area contributed by atoms with Gasteiger partial charge in [0.1, 0.15) is 5.01 Å². The molecule has 5 heteroatoms. The first-order chi connectivity index (χ1) is 7.76. The summed E-state index contributed by atoms with van der Waals surface area (Å²) in [5.74, 6) is 1.48. The van der Waals surface area contributed by atoms with Crippen LogP contribution in [-0.4, -0.2) is 19.8 Å². The molecule has 0 bridgehead atoms. The molecule has 0 fully saturated rings. The van der Waals surface area contributed by atoms with E-state index >= 15 is 0 Å². The predicted octanol–water partition coefficient (Wildman–Crippen LogP) is 3.18.